The van der Waals surface area contributed by atoms with Crippen LogP contribution in [0.4, 0.5) is 5.69 Å². The van der Waals surface area contributed by atoms with Crippen molar-refractivity contribution in [3.63, 3.8) is 0 Å². The van der Waals surface area contributed by atoms with Crippen molar-refractivity contribution >= 4 is 27.5 Å². The number of carbonyl (C=O) groups is 1. The number of carbonyl (C=O) groups excluding carboxylic acids is 1. The highest BCUT2D eigenvalue weighted by molar-refractivity contribution is 9.10. The monoisotopic (exact) mass is 332 g/mol. The Morgan fingerprint density at radius 2 is 1.95 bits per heavy atom. The number of halogens is 1. The van der Waals surface area contributed by atoms with Crippen LogP contribution in [-0.2, 0) is 13.1 Å². The molecule has 102 valence electrons. The predicted molar refractivity (Wildman–Crippen MR) is 80.7 cm³/mol. The van der Waals surface area contributed by atoms with E-state index >= 15 is 0 Å². The number of anilines is 1. The Morgan fingerprint density at radius 3 is 2.80 bits per heavy atom. The van der Waals surface area contributed by atoms with Gasteiger partial charge in [0.25, 0.3) is 5.91 Å². The van der Waals surface area contributed by atoms with Gasteiger partial charge in [-0.05, 0) is 41.5 Å². The van der Waals surface area contributed by atoms with E-state index < -0.39 is 0 Å². The summed E-state index contributed by atoms with van der Waals surface area (Å²) in [5.74, 6) is -0.183. The summed E-state index contributed by atoms with van der Waals surface area (Å²) in [6.45, 7) is 1.64. The van der Waals surface area contributed by atoms with Crippen molar-refractivity contribution in [3.05, 3.63) is 57.6 Å². The number of aromatic hydroxyl groups is 1. The zero-order valence-electron chi connectivity index (χ0n) is 10.6. The van der Waals surface area contributed by atoms with Gasteiger partial charge in [-0.1, -0.05) is 22.0 Å². The Balaban J connectivity index is 1.84. The van der Waals surface area contributed by atoms with Gasteiger partial charge in [-0.3, -0.25) is 4.79 Å². The molecule has 3 rings (SSSR count). The molecule has 1 aliphatic heterocycles. The van der Waals surface area contributed by atoms with Crippen molar-refractivity contribution in [3.8, 4) is 5.75 Å². The van der Waals surface area contributed by atoms with E-state index in [0.29, 0.717) is 11.3 Å². The second-order valence-corrected chi connectivity index (χ2v) is 5.62. The first-order valence-corrected chi connectivity index (χ1v) is 7.05. The number of fused-ring (bicyclic) bond motifs is 1. The van der Waals surface area contributed by atoms with Gasteiger partial charge in [-0.25, -0.2) is 0 Å². The fourth-order valence-corrected chi connectivity index (χ4v) is 2.60. The average Bonchev–Trinajstić information content (AvgIpc) is 2.90. The molecule has 5 heteroatoms. The van der Waals surface area contributed by atoms with Gasteiger partial charge in [0.2, 0.25) is 0 Å². The van der Waals surface area contributed by atoms with Gasteiger partial charge in [-0.2, -0.15) is 0 Å². The van der Waals surface area contributed by atoms with Crippen LogP contribution in [0.5, 0.6) is 5.75 Å². The lowest BCUT2D eigenvalue weighted by Gasteiger charge is -2.09. The highest BCUT2D eigenvalue weighted by Crippen LogP contribution is 2.27. The highest BCUT2D eigenvalue weighted by Gasteiger charge is 2.14. The summed E-state index contributed by atoms with van der Waals surface area (Å²) < 4.78 is 0.795. The maximum atomic E-state index is 12.2. The summed E-state index contributed by atoms with van der Waals surface area (Å²) in [7, 11) is 0. The number of benzene rings is 2. The second kappa shape index (κ2) is 5.26. The van der Waals surface area contributed by atoms with Crippen LogP contribution in [-0.4, -0.2) is 11.0 Å². The third-order valence-corrected chi connectivity index (χ3v) is 3.80. The molecule has 0 spiro atoms. The molecular weight excluding hydrogens is 320 g/mol. The number of hydrogen-bond donors (Lipinski definition) is 3. The molecule has 4 nitrogen and oxygen atoms in total. The predicted octanol–water partition coefficient (Wildman–Crippen LogP) is 3.01. The SMILES string of the molecule is O=C(Nc1cc(Br)ccc1O)c1ccc2c(c1)CNC2. The van der Waals surface area contributed by atoms with E-state index in [9.17, 15) is 9.90 Å². The molecule has 0 aliphatic carbocycles. The fraction of sp³-hybridized carbons (Fsp3) is 0.133. The maximum absolute atomic E-state index is 12.2. The molecule has 0 radical (unpaired) electrons. The molecule has 1 amide bonds. The number of phenolic OH excluding ortho intramolecular Hbond substituents is 1. The summed E-state index contributed by atoms with van der Waals surface area (Å²) in [5, 5.41) is 15.7. The summed E-state index contributed by atoms with van der Waals surface area (Å²) in [4.78, 5) is 12.2. The van der Waals surface area contributed by atoms with Gasteiger partial charge < -0.3 is 15.7 Å². The molecule has 0 saturated carbocycles. The summed E-state index contributed by atoms with van der Waals surface area (Å²) >= 11 is 3.31. The maximum Gasteiger partial charge on any atom is 0.255 e. The highest BCUT2D eigenvalue weighted by atomic mass is 79.9. The van der Waals surface area contributed by atoms with Crippen molar-refractivity contribution in [1.82, 2.24) is 5.32 Å². The van der Waals surface area contributed by atoms with Crippen LogP contribution >= 0.6 is 15.9 Å². The zero-order chi connectivity index (χ0) is 14.1. The first-order chi connectivity index (χ1) is 9.63. The smallest absolute Gasteiger partial charge is 0.255 e. The Bertz CT molecular complexity index is 686. The molecule has 0 bridgehead atoms. The van der Waals surface area contributed by atoms with Gasteiger partial charge in [-0.15, -0.1) is 0 Å². The molecule has 20 heavy (non-hydrogen) atoms. The number of amides is 1. The molecule has 0 fully saturated rings. The summed E-state index contributed by atoms with van der Waals surface area (Å²) in [6.07, 6.45) is 0. The molecule has 0 aromatic heterocycles. The number of nitrogens with one attached hydrogen (secondary N) is 2. The number of rotatable bonds is 2. The Morgan fingerprint density at radius 1 is 1.15 bits per heavy atom. The van der Waals surface area contributed by atoms with Crippen molar-refractivity contribution in [1.29, 1.82) is 0 Å². The molecule has 0 saturated heterocycles. The van der Waals surface area contributed by atoms with E-state index in [1.54, 1.807) is 18.2 Å². The minimum atomic E-state index is -0.229. The first-order valence-electron chi connectivity index (χ1n) is 6.26. The first kappa shape index (κ1) is 13.1. The second-order valence-electron chi connectivity index (χ2n) is 4.70. The summed E-state index contributed by atoms with van der Waals surface area (Å²) in [6, 6.07) is 10.6. The molecule has 1 heterocycles. The Hall–Kier alpha value is -1.85. The van der Waals surface area contributed by atoms with Crippen LogP contribution < -0.4 is 10.6 Å². The van der Waals surface area contributed by atoms with E-state index in [4.69, 9.17) is 0 Å². The van der Waals surface area contributed by atoms with E-state index in [0.717, 1.165) is 23.1 Å². The van der Waals surface area contributed by atoms with Gasteiger partial charge in [0.05, 0.1) is 5.69 Å². The third-order valence-electron chi connectivity index (χ3n) is 3.31. The number of hydrogen-bond acceptors (Lipinski definition) is 3. The van der Waals surface area contributed by atoms with Crippen LogP contribution in [0.15, 0.2) is 40.9 Å². The Kier molecular flexibility index (Phi) is 3.46. The summed E-state index contributed by atoms with van der Waals surface area (Å²) in [5.41, 5.74) is 3.36. The molecule has 2 aromatic rings. The third kappa shape index (κ3) is 2.55. The van der Waals surface area contributed by atoms with Crippen LogP contribution in [0.25, 0.3) is 0 Å². The lowest BCUT2D eigenvalue weighted by Crippen LogP contribution is -2.12. The lowest BCUT2D eigenvalue weighted by atomic mass is 10.1. The lowest BCUT2D eigenvalue weighted by molar-refractivity contribution is 0.102. The average molecular weight is 333 g/mol. The minimum absolute atomic E-state index is 0.0457. The van der Waals surface area contributed by atoms with Gasteiger partial charge in [0.15, 0.2) is 0 Å². The molecule has 0 atom stereocenters. The fourth-order valence-electron chi connectivity index (χ4n) is 2.24. The van der Waals surface area contributed by atoms with Crippen molar-refractivity contribution < 1.29 is 9.90 Å². The van der Waals surface area contributed by atoms with Crippen molar-refractivity contribution in [2.24, 2.45) is 0 Å². The van der Waals surface area contributed by atoms with E-state index in [2.05, 4.69) is 26.6 Å². The topological polar surface area (TPSA) is 61.4 Å². The number of phenols is 1. The van der Waals surface area contributed by atoms with Gasteiger partial charge >= 0.3 is 0 Å². The van der Waals surface area contributed by atoms with Crippen LogP contribution in [0.2, 0.25) is 0 Å². The quantitative estimate of drug-likeness (QED) is 0.741. The van der Waals surface area contributed by atoms with Gasteiger partial charge in [0.1, 0.15) is 5.75 Å². The van der Waals surface area contributed by atoms with E-state index in [1.807, 2.05) is 12.1 Å². The van der Waals surface area contributed by atoms with Crippen LogP contribution in [0, 0.1) is 0 Å². The zero-order valence-corrected chi connectivity index (χ0v) is 12.2. The van der Waals surface area contributed by atoms with Crippen LogP contribution in [0.3, 0.4) is 0 Å². The molecule has 3 N–H and O–H groups in total. The van der Waals surface area contributed by atoms with Crippen molar-refractivity contribution in [2.45, 2.75) is 13.1 Å². The largest absolute Gasteiger partial charge is 0.506 e. The van der Waals surface area contributed by atoms with E-state index in [-0.39, 0.29) is 11.7 Å². The van der Waals surface area contributed by atoms with Crippen molar-refractivity contribution in [2.75, 3.05) is 5.32 Å². The molecule has 2 aromatic carbocycles. The van der Waals surface area contributed by atoms with Gasteiger partial charge in [0, 0.05) is 23.1 Å². The molecular formula is C15H13BrN2O2. The van der Waals surface area contributed by atoms with E-state index in [1.165, 1.54) is 11.6 Å². The normalized spacial score (nSPS) is 13.1. The minimum Gasteiger partial charge on any atom is -0.506 e. The van der Waals surface area contributed by atoms with Crippen LogP contribution in [0.1, 0.15) is 21.5 Å². The molecule has 0 unspecified atom stereocenters. The molecule has 1 aliphatic rings. The Labute approximate surface area is 125 Å². The standard InChI is InChI=1S/C15H13BrN2O2/c16-12-3-4-14(19)13(6-12)18-15(20)9-1-2-10-7-17-8-11(10)5-9/h1-6,17,19H,7-8H2,(H,18,20).